The van der Waals surface area contributed by atoms with Gasteiger partial charge in [-0.25, -0.2) is 0 Å². The van der Waals surface area contributed by atoms with Crippen LogP contribution in [0.1, 0.15) is 6.92 Å². The fraction of sp³-hybridized carbons (Fsp3) is 0.375. The number of aldehydes is 1. The van der Waals surface area contributed by atoms with Crippen molar-refractivity contribution < 1.29 is 19.5 Å². The lowest BCUT2D eigenvalue weighted by atomic mass is 9.97. The minimum absolute atomic E-state index is 0.0577. The highest BCUT2D eigenvalue weighted by atomic mass is 16.3. The second-order valence-corrected chi connectivity index (χ2v) is 2.37. The zero-order chi connectivity index (χ0) is 9.72. The van der Waals surface area contributed by atoms with Gasteiger partial charge in [-0.3, -0.25) is 14.4 Å². The van der Waals surface area contributed by atoms with Crippen LogP contribution in [0.25, 0.3) is 0 Å². The van der Waals surface area contributed by atoms with Crippen LogP contribution in [0.5, 0.6) is 0 Å². The molecule has 1 N–H and O–H groups in total. The number of aliphatic hydroxyl groups is 1. The fourth-order valence-corrected chi connectivity index (χ4v) is 0.615. The van der Waals surface area contributed by atoms with E-state index < -0.39 is 24.1 Å². The SMILES string of the molecule is C=C(CO)C(=O)C(C)C(=O)C=O. The first kappa shape index (κ1) is 10.7. The summed E-state index contributed by atoms with van der Waals surface area (Å²) in [5, 5.41) is 8.49. The summed E-state index contributed by atoms with van der Waals surface area (Å²) in [7, 11) is 0. The lowest BCUT2D eigenvalue weighted by molar-refractivity contribution is -0.136. The summed E-state index contributed by atoms with van der Waals surface area (Å²) in [6.07, 6.45) is 0.0905. The van der Waals surface area contributed by atoms with Crippen molar-refractivity contribution >= 4 is 17.9 Å². The van der Waals surface area contributed by atoms with Gasteiger partial charge in [0.05, 0.1) is 12.5 Å². The van der Waals surface area contributed by atoms with Gasteiger partial charge in [0.2, 0.25) is 5.78 Å². The molecule has 0 aromatic carbocycles. The number of rotatable bonds is 5. The van der Waals surface area contributed by atoms with Gasteiger partial charge in [0.1, 0.15) is 0 Å². The largest absolute Gasteiger partial charge is 0.392 e. The van der Waals surface area contributed by atoms with E-state index in [0.717, 1.165) is 0 Å². The molecule has 1 unspecified atom stereocenters. The van der Waals surface area contributed by atoms with Crippen LogP contribution in [-0.2, 0) is 14.4 Å². The Hall–Kier alpha value is -1.29. The molecule has 66 valence electrons. The zero-order valence-electron chi connectivity index (χ0n) is 6.74. The zero-order valence-corrected chi connectivity index (χ0v) is 6.74. The molecule has 0 amide bonds. The van der Waals surface area contributed by atoms with Crippen molar-refractivity contribution in [1.29, 1.82) is 0 Å². The predicted octanol–water partition coefficient (Wildman–Crippen LogP) is -0.492. The number of hydrogen-bond donors (Lipinski definition) is 1. The number of ketones is 2. The molecule has 0 saturated carbocycles. The molecule has 0 aliphatic carbocycles. The van der Waals surface area contributed by atoms with E-state index in [1.165, 1.54) is 6.92 Å². The second kappa shape index (κ2) is 4.56. The topological polar surface area (TPSA) is 71.4 Å². The highest BCUT2D eigenvalue weighted by Crippen LogP contribution is 2.04. The number of carbonyl (C=O) groups is 3. The van der Waals surface area contributed by atoms with Crippen LogP contribution in [0, 0.1) is 5.92 Å². The van der Waals surface area contributed by atoms with Crippen molar-refractivity contribution in [3.63, 3.8) is 0 Å². The Balaban J connectivity index is 4.39. The van der Waals surface area contributed by atoms with E-state index in [-0.39, 0.29) is 11.9 Å². The van der Waals surface area contributed by atoms with Crippen LogP contribution in [0.2, 0.25) is 0 Å². The molecule has 0 aliphatic rings. The standard InChI is InChI=1S/C8H10O4/c1-5(3-9)8(12)6(2)7(11)4-10/h4,6,9H,1,3H2,2H3. The molecule has 4 heteroatoms. The van der Waals surface area contributed by atoms with E-state index in [1.54, 1.807) is 0 Å². The molecule has 0 heterocycles. The maximum Gasteiger partial charge on any atom is 0.205 e. The molecule has 0 aliphatic heterocycles. The van der Waals surface area contributed by atoms with Crippen LogP contribution < -0.4 is 0 Å². The Bertz CT molecular complexity index is 229. The molecule has 0 aromatic rings. The molecule has 0 aromatic heterocycles. The van der Waals surface area contributed by atoms with E-state index >= 15 is 0 Å². The summed E-state index contributed by atoms with van der Waals surface area (Å²) in [6.45, 7) is 4.06. The first-order valence-electron chi connectivity index (χ1n) is 3.36. The minimum Gasteiger partial charge on any atom is -0.392 e. The third-order valence-electron chi connectivity index (χ3n) is 1.48. The normalized spacial score (nSPS) is 11.8. The van der Waals surface area contributed by atoms with Crippen molar-refractivity contribution in [3.8, 4) is 0 Å². The highest BCUT2D eigenvalue weighted by molar-refractivity contribution is 6.32. The van der Waals surface area contributed by atoms with E-state index in [1.807, 2.05) is 0 Å². The molecular weight excluding hydrogens is 160 g/mol. The number of carbonyl (C=O) groups excluding carboxylic acids is 3. The third kappa shape index (κ3) is 2.39. The van der Waals surface area contributed by atoms with Gasteiger partial charge in [-0.1, -0.05) is 6.58 Å². The van der Waals surface area contributed by atoms with Crippen LogP contribution in [0.15, 0.2) is 12.2 Å². The average molecular weight is 170 g/mol. The highest BCUT2D eigenvalue weighted by Gasteiger charge is 2.22. The van der Waals surface area contributed by atoms with Crippen LogP contribution in [0.4, 0.5) is 0 Å². The Kier molecular flexibility index (Phi) is 4.07. The second-order valence-electron chi connectivity index (χ2n) is 2.37. The van der Waals surface area contributed by atoms with Gasteiger partial charge in [0, 0.05) is 5.57 Å². The van der Waals surface area contributed by atoms with E-state index in [2.05, 4.69) is 6.58 Å². The summed E-state index contributed by atoms with van der Waals surface area (Å²) < 4.78 is 0. The summed E-state index contributed by atoms with van der Waals surface area (Å²) >= 11 is 0. The van der Waals surface area contributed by atoms with Gasteiger partial charge >= 0.3 is 0 Å². The molecule has 0 saturated heterocycles. The molecule has 0 fully saturated rings. The number of aliphatic hydroxyl groups excluding tert-OH is 1. The average Bonchev–Trinajstić information content (AvgIpc) is 2.12. The Labute approximate surface area is 69.9 Å². The molecule has 0 rings (SSSR count). The van der Waals surface area contributed by atoms with E-state index in [9.17, 15) is 14.4 Å². The summed E-state index contributed by atoms with van der Waals surface area (Å²) in [6, 6.07) is 0. The lowest BCUT2D eigenvalue weighted by Gasteiger charge is -2.05. The van der Waals surface area contributed by atoms with Gasteiger partial charge in [0.15, 0.2) is 12.1 Å². The van der Waals surface area contributed by atoms with Crippen molar-refractivity contribution in [1.82, 2.24) is 0 Å². The molecule has 0 bridgehead atoms. The van der Waals surface area contributed by atoms with Crippen LogP contribution in [-0.4, -0.2) is 29.6 Å². The van der Waals surface area contributed by atoms with Crippen molar-refractivity contribution in [3.05, 3.63) is 12.2 Å². The van der Waals surface area contributed by atoms with E-state index in [0.29, 0.717) is 0 Å². The van der Waals surface area contributed by atoms with Gasteiger partial charge in [-0.15, -0.1) is 0 Å². The molecule has 12 heavy (non-hydrogen) atoms. The molecular formula is C8H10O4. The Morgan fingerprint density at radius 2 is 2.08 bits per heavy atom. The predicted molar refractivity (Wildman–Crippen MR) is 41.5 cm³/mol. The number of Topliss-reactive ketones (excluding diaryl/α,β-unsaturated/α-hetero) is 2. The molecule has 1 atom stereocenters. The smallest absolute Gasteiger partial charge is 0.205 e. The third-order valence-corrected chi connectivity index (χ3v) is 1.48. The Morgan fingerprint density at radius 3 is 2.42 bits per heavy atom. The molecule has 4 nitrogen and oxygen atoms in total. The quantitative estimate of drug-likeness (QED) is 0.261. The maximum absolute atomic E-state index is 11.0. The summed E-state index contributed by atoms with van der Waals surface area (Å²) in [5.41, 5.74) is -0.0577. The molecule has 0 radical (unpaired) electrons. The maximum atomic E-state index is 11.0. The minimum atomic E-state index is -1.03. The van der Waals surface area contributed by atoms with Crippen molar-refractivity contribution in [2.45, 2.75) is 6.92 Å². The fourth-order valence-electron chi connectivity index (χ4n) is 0.615. The summed E-state index contributed by atoms with van der Waals surface area (Å²) in [5.74, 6) is -2.41. The van der Waals surface area contributed by atoms with Crippen LogP contribution >= 0.6 is 0 Å². The Morgan fingerprint density at radius 1 is 1.58 bits per heavy atom. The van der Waals surface area contributed by atoms with Gasteiger partial charge in [0.25, 0.3) is 0 Å². The summed E-state index contributed by atoms with van der Waals surface area (Å²) in [4.78, 5) is 31.7. The van der Waals surface area contributed by atoms with Crippen molar-refractivity contribution in [2.75, 3.05) is 6.61 Å². The first-order chi connectivity index (χ1) is 5.54. The van der Waals surface area contributed by atoms with Gasteiger partial charge in [-0.05, 0) is 6.92 Å². The number of hydrogen-bond acceptors (Lipinski definition) is 4. The monoisotopic (exact) mass is 170 g/mol. The first-order valence-corrected chi connectivity index (χ1v) is 3.36. The molecule has 0 spiro atoms. The van der Waals surface area contributed by atoms with Gasteiger partial charge < -0.3 is 5.11 Å². The van der Waals surface area contributed by atoms with Gasteiger partial charge in [-0.2, -0.15) is 0 Å². The van der Waals surface area contributed by atoms with Crippen LogP contribution in [0.3, 0.4) is 0 Å². The lowest BCUT2D eigenvalue weighted by Crippen LogP contribution is -2.24. The van der Waals surface area contributed by atoms with E-state index in [4.69, 9.17) is 5.11 Å². The van der Waals surface area contributed by atoms with Crippen molar-refractivity contribution in [2.24, 2.45) is 5.92 Å².